The van der Waals surface area contributed by atoms with Crippen LogP contribution in [0.5, 0.6) is 0 Å². The maximum absolute atomic E-state index is 14.4. The first-order valence-electron chi connectivity index (χ1n) is 8.22. The Morgan fingerprint density at radius 1 is 1.19 bits per heavy atom. The van der Waals surface area contributed by atoms with E-state index in [-0.39, 0.29) is 24.3 Å². The quantitative estimate of drug-likeness (QED) is 0.644. The maximum Gasteiger partial charge on any atom is 0.492 e. The van der Waals surface area contributed by atoms with Crippen molar-refractivity contribution in [3.8, 4) is 0 Å². The molecule has 1 heterocycles. The van der Waals surface area contributed by atoms with Crippen LogP contribution in [-0.2, 0) is 14.1 Å². The van der Waals surface area contributed by atoms with E-state index in [4.69, 9.17) is 9.31 Å². The van der Waals surface area contributed by atoms with Gasteiger partial charge in [-0.05, 0) is 45.3 Å². The van der Waals surface area contributed by atoms with Crippen molar-refractivity contribution in [1.82, 2.24) is 5.32 Å². The number of hydrogen-bond donors (Lipinski definition) is 1. The molecule has 1 aromatic rings. The largest absolute Gasteiger partial charge is 0.492 e. The Morgan fingerprint density at radius 2 is 1.77 bits per heavy atom. The summed E-state index contributed by atoms with van der Waals surface area (Å²) in [6.07, 6.45) is 1.53. The van der Waals surface area contributed by atoms with E-state index < -0.39 is 35.5 Å². The fourth-order valence-electron chi connectivity index (χ4n) is 2.43. The van der Waals surface area contributed by atoms with Crippen LogP contribution in [0.25, 0.3) is 6.08 Å². The van der Waals surface area contributed by atoms with Crippen molar-refractivity contribution in [3.05, 3.63) is 40.4 Å². The first-order chi connectivity index (χ1) is 12.0. The standard InChI is InChI=1S/C18H22BF2NO4/c1-11(24)22-9-13(19-25-17(2,3)18(4,5)26-19)8-12-6-7-15(20)14(10-23)16(12)21/h6-8,10H,9H2,1-5H3,(H,22,24). The number of benzene rings is 1. The van der Waals surface area contributed by atoms with Crippen molar-refractivity contribution in [2.24, 2.45) is 0 Å². The van der Waals surface area contributed by atoms with Crippen molar-refractivity contribution >= 4 is 25.4 Å². The third-order valence-electron chi connectivity index (χ3n) is 4.71. The van der Waals surface area contributed by atoms with E-state index in [0.29, 0.717) is 5.47 Å². The van der Waals surface area contributed by atoms with Gasteiger partial charge in [-0.2, -0.15) is 0 Å². The van der Waals surface area contributed by atoms with Crippen molar-refractivity contribution in [2.75, 3.05) is 6.54 Å². The van der Waals surface area contributed by atoms with Gasteiger partial charge in [0.05, 0.1) is 16.8 Å². The molecule has 1 aliphatic heterocycles. The van der Waals surface area contributed by atoms with Gasteiger partial charge in [0.2, 0.25) is 5.91 Å². The van der Waals surface area contributed by atoms with Crippen molar-refractivity contribution in [1.29, 1.82) is 0 Å². The molecular formula is C18H22BF2NO4. The third-order valence-corrected chi connectivity index (χ3v) is 4.71. The molecule has 1 amide bonds. The Kier molecular flexibility index (Phi) is 5.68. The van der Waals surface area contributed by atoms with E-state index in [2.05, 4.69) is 5.32 Å². The Morgan fingerprint density at radius 3 is 2.27 bits per heavy atom. The highest BCUT2D eigenvalue weighted by molar-refractivity contribution is 6.56. The number of hydrogen-bond acceptors (Lipinski definition) is 4. The Hall–Kier alpha value is -2.06. The van der Waals surface area contributed by atoms with Crippen molar-refractivity contribution < 1.29 is 27.7 Å². The van der Waals surface area contributed by atoms with Crippen LogP contribution in [0.2, 0.25) is 0 Å². The summed E-state index contributed by atoms with van der Waals surface area (Å²) < 4.78 is 39.8. The Labute approximate surface area is 151 Å². The predicted octanol–water partition coefficient (Wildman–Crippen LogP) is 2.93. The molecule has 1 aromatic carbocycles. The summed E-state index contributed by atoms with van der Waals surface area (Å²) in [4.78, 5) is 22.2. The second-order valence-electron chi connectivity index (χ2n) is 7.20. The summed E-state index contributed by atoms with van der Waals surface area (Å²) in [5.74, 6) is -2.19. The van der Waals surface area contributed by atoms with Gasteiger partial charge in [-0.1, -0.05) is 6.08 Å². The first kappa shape index (κ1) is 20.3. The van der Waals surface area contributed by atoms with Crippen LogP contribution >= 0.6 is 0 Å². The zero-order chi connectivity index (χ0) is 19.7. The summed E-state index contributed by atoms with van der Waals surface area (Å²) in [6, 6.07) is 2.23. The molecule has 0 aromatic heterocycles. The lowest BCUT2D eigenvalue weighted by Crippen LogP contribution is -2.41. The molecule has 0 atom stereocenters. The van der Waals surface area contributed by atoms with Crippen LogP contribution in [0.1, 0.15) is 50.5 Å². The summed E-state index contributed by atoms with van der Waals surface area (Å²) in [6.45, 7) is 8.88. The van der Waals surface area contributed by atoms with Crippen LogP contribution in [0.4, 0.5) is 8.78 Å². The topological polar surface area (TPSA) is 64.6 Å². The highest BCUT2D eigenvalue weighted by Crippen LogP contribution is 2.38. The second-order valence-corrected chi connectivity index (χ2v) is 7.20. The predicted molar refractivity (Wildman–Crippen MR) is 94.5 cm³/mol. The number of amides is 1. The van der Waals surface area contributed by atoms with E-state index in [9.17, 15) is 18.4 Å². The van der Waals surface area contributed by atoms with Crippen LogP contribution < -0.4 is 5.32 Å². The van der Waals surface area contributed by atoms with Crippen LogP contribution in [0.15, 0.2) is 17.6 Å². The molecule has 1 N–H and O–H groups in total. The number of rotatable bonds is 5. The van der Waals surface area contributed by atoms with E-state index in [0.717, 1.165) is 6.07 Å². The van der Waals surface area contributed by atoms with Gasteiger partial charge in [0, 0.05) is 19.0 Å². The van der Waals surface area contributed by atoms with Gasteiger partial charge in [-0.15, -0.1) is 0 Å². The molecule has 0 aliphatic carbocycles. The van der Waals surface area contributed by atoms with Crippen LogP contribution in [-0.4, -0.2) is 37.1 Å². The lowest BCUT2D eigenvalue weighted by atomic mass is 9.76. The molecule has 140 valence electrons. The fourth-order valence-corrected chi connectivity index (χ4v) is 2.43. The molecule has 0 bridgehead atoms. The zero-order valence-electron chi connectivity index (χ0n) is 15.5. The monoisotopic (exact) mass is 365 g/mol. The summed E-state index contributed by atoms with van der Waals surface area (Å²) in [5, 5.41) is 2.62. The Bertz CT molecular complexity index is 746. The minimum Gasteiger partial charge on any atom is -0.400 e. The van der Waals surface area contributed by atoms with Gasteiger partial charge in [0.15, 0.2) is 6.29 Å². The maximum atomic E-state index is 14.4. The first-order valence-corrected chi connectivity index (χ1v) is 8.22. The van der Waals surface area contributed by atoms with Gasteiger partial charge >= 0.3 is 7.12 Å². The summed E-state index contributed by atoms with van der Waals surface area (Å²) >= 11 is 0. The number of carbonyl (C=O) groups excluding carboxylic acids is 2. The third kappa shape index (κ3) is 4.02. The number of aldehydes is 1. The average molecular weight is 365 g/mol. The highest BCUT2D eigenvalue weighted by atomic mass is 19.1. The molecule has 0 unspecified atom stereocenters. The zero-order valence-corrected chi connectivity index (χ0v) is 15.5. The molecule has 8 heteroatoms. The summed E-state index contributed by atoms with van der Waals surface area (Å²) in [7, 11) is -0.823. The molecule has 0 spiro atoms. The molecule has 26 heavy (non-hydrogen) atoms. The van der Waals surface area contributed by atoms with E-state index >= 15 is 0 Å². The minimum absolute atomic E-state index is 0.00330. The molecule has 5 nitrogen and oxygen atoms in total. The normalized spacial score (nSPS) is 18.7. The molecule has 0 saturated carbocycles. The lowest BCUT2D eigenvalue weighted by molar-refractivity contribution is -0.118. The fraction of sp³-hybridized carbons (Fsp3) is 0.444. The molecule has 1 aliphatic rings. The van der Waals surface area contributed by atoms with E-state index in [1.54, 1.807) is 0 Å². The van der Waals surface area contributed by atoms with Gasteiger partial charge in [0.25, 0.3) is 0 Å². The van der Waals surface area contributed by atoms with Crippen LogP contribution in [0, 0.1) is 11.6 Å². The molecular weight excluding hydrogens is 343 g/mol. The number of carbonyl (C=O) groups is 2. The Balaban J connectivity index is 2.45. The van der Waals surface area contributed by atoms with Gasteiger partial charge in [0.1, 0.15) is 11.6 Å². The van der Waals surface area contributed by atoms with Crippen molar-refractivity contribution in [3.63, 3.8) is 0 Å². The van der Waals surface area contributed by atoms with E-state index in [1.807, 2.05) is 27.7 Å². The average Bonchev–Trinajstić information content (AvgIpc) is 2.74. The molecule has 1 fully saturated rings. The second kappa shape index (κ2) is 7.29. The van der Waals surface area contributed by atoms with Gasteiger partial charge in [-0.25, -0.2) is 8.78 Å². The number of halogens is 2. The van der Waals surface area contributed by atoms with Crippen LogP contribution in [0.3, 0.4) is 0 Å². The lowest BCUT2D eigenvalue weighted by Gasteiger charge is -2.32. The number of nitrogens with one attached hydrogen (secondary N) is 1. The van der Waals surface area contributed by atoms with E-state index in [1.165, 1.54) is 19.1 Å². The molecule has 1 saturated heterocycles. The van der Waals surface area contributed by atoms with Crippen molar-refractivity contribution in [2.45, 2.75) is 45.8 Å². The molecule has 0 radical (unpaired) electrons. The van der Waals surface area contributed by atoms with Gasteiger partial charge < -0.3 is 14.6 Å². The molecule has 2 rings (SSSR count). The van der Waals surface area contributed by atoms with Gasteiger partial charge in [-0.3, -0.25) is 9.59 Å². The highest BCUT2D eigenvalue weighted by Gasteiger charge is 2.52. The smallest absolute Gasteiger partial charge is 0.400 e. The SMILES string of the molecule is CC(=O)NCC(=Cc1ccc(F)c(C=O)c1F)B1OC(C)(C)C(C)(C)O1. The minimum atomic E-state index is -0.975. The summed E-state index contributed by atoms with van der Waals surface area (Å²) in [5.41, 5.74) is -1.44.